The highest BCUT2D eigenvalue weighted by molar-refractivity contribution is 7.92. The Morgan fingerprint density at radius 1 is 1.28 bits per heavy atom. The van der Waals surface area contributed by atoms with Gasteiger partial charge < -0.3 is 5.32 Å². The van der Waals surface area contributed by atoms with Crippen molar-refractivity contribution in [3.63, 3.8) is 0 Å². The molecule has 18 heavy (non-hydrogen) atoms. The Hall–Kier alpha value is -1.54. The molecule has 0 aliphatic carbocycles. The molecule has 0 atom stereocenters. The van der Waals surface area contributed by atoms with E-state index in [2.05, 4.69) is 11.4 Å². The molecule has 0 saturated heterocycles. The van der Waals surface area contributed by atoms with Crippen molar-refractivity contribution in [3.05, 3.63) is 29.8 Å². The number of para-hydroxylation sites is 1. The van der Waals surface area contributed by atoms with Crippen LogP contribution in [0.2, 0.25) is 0 Å². The lowest BCUT2D eigenvalue weighted by Gasteiger charge is -2.19. The van der Waals surface area contributed by atoms with Gasteiger partial charge in [0.1, 0.15) is 6.07 Å². The van der Waals surface area contributed by atoms with Gasteiger partial charge in [-0.3, -0.25) is 0 Å². The fraction of sp³-hybridized carbons (Fsp3) is 0.462. The van der Waals surface area contributed by atoms with Crippen LogP contribution in [0.15, 0.2) is 24.3 Å². The summed E-state index contributed by atoms with van der Waals surface area (Å²) >= 11 is 0. The van der Waals surface area contributed by atoms with Crippen LogP contribution >= 0.6 is 0 Å². The average molecular weight is 266 g/mol. The third-order valence-electron chi connectivity index (χ3n) is 2.67. The zero-order valence-corrected chi connectivity index (χ0v) is 11.7. The second-order valence-electron chi connectivity index (χ2n) is 5.02. The van der Waals surface area contributed by atoms with Crippen LogP contribution in [0.5, 0.6) is 0 Å². The van der Waals surface area contributed by atoms with Gasteiger partial charge in [-0.05, 0) is 32.9 Å². The lowest BCUT2D eigenvalue weighted by atomic mass is 10.2. The molecule has 0 saturated carbocycles. The summed E-state index contributed by atoms with van der Waals surface area (Å²) in [6, 6.07) is 9.10. The van der Waals surface area contributed by atoms with Crippen LogP contribution in [-0.2, 0) is 9.84 Å². The first-order valence-electron chi connectivity index (χ1n) is 5.73. The molecule has 1 N–H and O–H groups in total. The van der Waals surface area contributed by atoms with E-state index in [-0.39, 0.29) is 5.75 Å². The fourth-order valence-electron chi connectivity index (χ4n) is 1.36. The highest BCUT2D eigenvalue weighted by Crippen LogP contribution is 2.17. The van der Waals surface area contributed by atoms with E-state index in [0.717, 1.165) is 0 Å². The maximum Gasteiger partial charge on any atom is 0.156 e. The van der Waals surface area contributed by atoms with Gasteiger partial charge in [0.25, 0.3) is 0 Å². The number of benzene rings is 1. The molecule has 0 radical (unpaired) electrons. The van der Waals surface area contributed by atoms with Crippen LogP contribution in [0.4, 0.5) is 5.69 Å². The van der Waals surface area contributed by atoms with Gasteiger partial charge in [0.15, 0.2) is 9.84 Å². The number of hydrogen-bond donors (Lipinski definition) is 1. The highest BCUT2D eigenvalue weighted by Gasteiger charge is 2.28. The van der Waals surface area contributed by atoms with Crippen LogP contribution in [0.3, 0.4) is 0 Å². The van der Waals surface area contributed by atoms with Gasteiger partial charge in [-0.25, -0.2) is 8.42 Å². The zero-order chi connectivity index (χ0) is 13.8. The van der Waals surface area contributed by atoms with Gasteiger partial charge in [0, 0.05) is 6.54 Å². The summed E-state index contributed by atoms with van der Waals surface area (Å²) in [5.41, 5.74) is 1.19. The van der Waals surface area contributed by atoms with E-state index in [1.165, 1.54) is 0 Å². The first kappa shape index (κ1) is 14.5. The minimum Gasteiger partial charge on any atom is -0.383 e. The second-order valence-corrected chi connectivity index (χ2v) is 7.88. The molecule has 5 heteroatoms. The van der Waals surface area contributed by atoms with Crippen LogP contribution in [-0.4, -0.2) is 25.5 Å². The molecule has 0 aromatic heterocycles. The van der Waals surface area contributed by atoms with Crippen molar-refractivity contribution in [2.75, 3.05) is 17.6 Å². The van der Waals surface area contributed by atoms with E-state index in [0.29, 0.717) is 17.8 Å². The van der Waals surface area contributed by atoms with Gasteiger partial charge in [-0.15, -0.1) is 0 Å². The van der Waals surface area contributed by atoms with Crippen molar-refractivity contribution >= 4 is 15.5 Å². The molecular formula is C13H18N2O2S. The van der Waals surface area contributed by atoms with Gasteiger partial charge in [0.2, 0.25) is 0 Å². The normalized spacial score (nSPS) is 11.9. The number of nitriles is 1. The molecule has 0 aliphatic rings. The maximum atomic E-state index is 11.9. The van der Waals surface area contributed by atoms with Crippen molar-refractivity contribution in [1.29, 1.82) is 5.26 Å². The largest absolute Gasteiger partial charge is 0.383 e. The highest BCUT2D eigenvalue weighted by atomic mass is 32.2. The zero-order valence-electron chi connectivity index (χ0n) is 10.9. The van der Waals surface area contributed by atoms with E-state index < -0.39 is 14.6 Å². The van der Waals surface area contributed by atoms with Crippen molar-refractivity contribution in [2.24, 2.45) is 0 Å². The summed E-state index contributed by atoms with van der Waals surface area (Å²) in [6.45, 7) is 5.36. The quantitative estimate of drug-likeness (QED) is 0.906. The number of nitrogens with zero attached hydrogens (tertiary/aromatic N) is 1. The van der Waals surface area contributed by atoms with Crippen LogP contribution in [0.25, 0.3) is 0 Å². The molecule has 1 rings (SSSR count). The third kappa shape index (κ3) is 3.47. The molecule has 1 aromatic rings. The number of hydrogen-bond acceptors (Lipinski definition) is 4. The van der Waals surface area contributed by atoms with Gasteiger partial charge in [0.05, 0.1) is 21.8 Å². The molecule has 98 valence electrons. The summed E-state index contributed by atoms with van der Waals surface area (Å²) < 4.78 is 23.0. The lowest BCUT2D eigenvalue weighted by molar-refractivity contribution is 0.560. The summed E-state index contributed by atoms with van der Waals surface area (Å²) in [4.78, 5) is 0. The monoisotopic (exact) mass is 266 g/mol. The molecule has 1 aromatic carbocycles. The van der Waals surface area contributed by atoms with Crippen molar-refractivity contribution in [1.82, 2.24) is 0 Å². The van der Waals surface area contributed by atoms with E-state index >= 15 is 0 Å². The maximum absolute atomic E-state index is 11.9. The van der Waals surface area contributed by atoms with Crippen LogP contribution in [0.1, 0.15) is 26.3 Å². The number of sulfone groups is 1. The summed E-state index contributed by atoms with van der Waals surface area (Å²) in [7, 11) is -3.13. The smallest absolute Gasteiger partial charge is 0.156 e. The first-order chi connectivity index (χ1) is 8.28. The summed E-state index contributed by atoms with van der Waals surface area (Å²) in [5.74, 6) is 0.0518. The molecule has 0 unspecified atom stereocenters. The predicted molar refractivity (Wildman–Crippen MR) is 73.2 cm³/mol. The molecule has 0 fully saturated rings. The Kier molecular flexibility index (Phi) is 4.36. The molecule has 0 spiro atoms. The molecular weight excluding hydrogens is 248 g/mol. The SMILES string of the molecule is CC(C)(C)S(=O)(=O)CCNc1ccccc1C#N. The average Bonchev–Trinajstić information content (AvgIpc) is 2.28. The van der Waals surface area contributed by atoms with Gasteiger partial charge in [-0.1, -0.05) is 12.1 Å². The Labute approximate surface area is 109 Å². The van der Waals surface area contributed by atoms with E-state index in [9.17, 15) is 8.42 Å². The standard InChI is InChI=1S/C13H18N2O2S/c1-13(2,3)18(16,17)9-8-15-12-7-5-4-6-11(12)10-14/h4-7,15H,8-9H2,1-3H3. The molecule has 0 heterocycles. The van der Waals surface area contributed by atoms with Crippen LogP contribution in [0, 0.1) is 11.3 Å². The van der Waals surface area contributed by atoms with E-state index in [4.69, 9.17) is 5.26 Å². The summed E-state index contributed by atoms with van der Waals surface area (Å²) in [6.07, 6.45) is 0. The minimum atomic E-state index is -3.13. The fourth-order valence-corrected chi connectivity index (χ4v) is 2.34. The Balaban J connectivity index is 2.66. The second kappa shape index (κ2) is 5.40. The third-order valence-corrected chi connectivity index (χ3v) is 5.27. The topological polar surface area (TPSA) is 70.0 Å². The Morgan fingerprint density at radius 2 is 1.89 bits per heavy atom. The number of anilines is 1. The van der Waals surface area contributed by atoms with Crippen LogP contribution < -0.4 is 5.32 Å². The number of rotatable bonds is 4. The van der Waals surface area contributed by atoms with Crippen molar-refractivity contribution < 1.29 is 8.42 Å². The molecule has 0 bridgehead atoms. The summed E-state index contributed by atoms with van der Waals surface area (Å²) in [5, 5.41) is 11.9. The van der Waals surface area contributed by atoms with E-state index in [1.807, 2.05) is 0 Å². The molecule has 4 nitrogen and oxygen atoms in total. The lowest BCUT2D eigenvalue weighted by Crippen LogP contribution is -2.32. The first-order valence-corrected chi connectivity index (χ1v) is 7.38. The van der Waals surface area contributed by atoms with Gasteiger partial charge in [-0.2, -0.15) is 5.26 Å². The Bertz CT molecular complexity index is 551. The van der Waals surface area contributed by atoms with Gasteiger partial charge >= 0.3 is 0 Å². The minimum absolute atomic E-state index is 0.0518. The van der Waals surface area contributed by atoms with Crippen molar-refractivity contribution in [2.45, 2.75) is 25.5 Å². The molecule has 0 aliphatic heterocycles. The molecule has 0 amide bonds. The van der Waals surface area contributed by atoms with Crippen molar-refractivity contribution in [3.8, 4) is 6.07 Å². The van der Waals surface area contributed by atoms with E-state index in [1.54, 1.807) is 45.0 Å². The number of nitrogens with one attached hydrogen (secondary N) is 1. The predicted octanol–water partition coefficient (Wildman–Crippen LogP) is 2.18. The Morgan fingerprint density at radius 3 is 2.44 bits per heavy atom.